The highest BCUT2D eigenvalue weighted by atomic mass is 35.5. The third-order valence-corrected chi connectivity index (χ3v) is 5.63. The molecular weight excluding hydrogens is 429 g/mol. The maximum atomic E-state index is 13.0. The molecule has 0 heterocycles. The Kier molecular flexibility index (Phi) is 6.85. The van der Waals surface area contributed by atoms with Crippen molar-refractivity contribution >= 4 is 38.9 Å². The summed E-state index contributed by atoms with van der Waals surface area (Å²) in [6.45, 7) is 3.39. The lowest BCUT2D eigenvalue weighted by Crippen LogP contribution is -2.47. The standard InChI is InChI=1S/C19H20ClF3N2O3S/c1-4-17(25(29(3,27)28)14-7-5-6-12(2)10-14)18(26)24-13-8-9-16(20)15(11-13)19(21,22)23/h5-11,17H,4H2,1-3H3,(H,24,26)/t17-/m1/s1. The number of carbonyl (C=O) groups excluding carboxylic acids is 1. The van der Waals surface area contributed by atoms with Crippen LogP contribution in [0.4, 0.5) is 24.5 Å². The molecule has 1 N–H and O–H groups in total. The van der Waals surface area contributed by atoms with Gasteiger partial charge in [-0.25, -0.2) is 8.42 Å². The van der Waals surface area contributed by atoms with Crippen molar-refractivity contribution in [3.05, 3.63) is 58.6 Å². The molecule has 0 saturated heterocycles. The van der Waals surface area contributed by atoms with Gasteiger partial charge in [-0.15, -0.1) is 0 Å². The second-order valence-corrected chi connectivity index (χ2v) is 8.77. The number of hydrogen-bond acceptors (Lipinski definition) is 3. The molecule has 0 aliphatic rings. The van der Waals surface area contributed by atoms with E-state index >= 15 is 0 Å². The molecule has 2 aromatic carbocycles. The number of carbonyl (C=O) groups is 1. The lowest BCUT2D eigenvalue weighted by atomic mass is 10.1. The number of sulfonamides is 1. The third kappa shape index (κ3) is 5.63. The molecule has 2 rings (SSSR count). The summed E-state index contributed by atoms with van der Waals surface area (Å²) in [6.07, 6.45) is -3.62. The SMILES string of the molecule is CC[C@H](C(=O)Nc1ccc(Cl)c(C(F)(F)F)c1)N(c1cccc(C)c1)S(C)(=O)=O. The normalized spacial score (nSPS) is 13.1. The van der Waals surface area contributed by atoms with Crippen LogP contribution in [0.3, 0.4) is 0 Å². The average Bonchev–Trinajstić information content (AvgIpc) is 2.58. The predicted molar refractivity (Wildman–Crippen MR) is 108 cm³/mol. The molecule has 0 unspecified atom stereocenters. The second-order valence-electron chi connectivity index (χ2n) is 6.50. The number of alkyl halides is 3. The zero-order valence-electron chi connectivity index (χ0n) is 15.9. The lowest BCUT2D eigenvalue weighted by Gasteiger charge is -2.30. The number of amides is 1. The van der Waals surface area contributed by atoms with Crippen LogP contribution >= 0.6 is 11.6 Å². The van der Waals surface area contributed by atoms with Gasteiger partial charge in [0.25, 0.3) is 0 Å². The molecule has 10 heteroatoms. The largest absolute Gasteiger partial charge is 0.417 e. The van der Waals surface area contributed by atoms with Gasteiger partial charge in [0.05, 0.1) is 22.5 Å². The number of benzene rings is 2. The summed E-state index contributed by atoms with van der Waals surface area (Å²) in [4.78, 5) is 12.8. The van der Waals surface area contributed by atoms with Crippen LogP contribution in [0.25, 0.3) is 0 Å². The molecule has 0 saturated carbocycles. The zero-order valence-corrected chi connectivity index (χ0v) is 17.5. The maximum Gasteiger partial charge on any atom is 0.417 e. The van der Waals surface area contributed by atoms with E-state index < -0.39 is 38.7 Å². The van der Waals surface area contributed by atoms with Gasteiger partial charge in [0.1, 0.15) is 6.04 Å². The highest BCUT2D eigenvalue weighted by molar-refractivity contribution is 7.92. The van der Waals surface area contributed by atoms with Crippen molar-refractivity contribution in [1.29, 1.82) is 0 Å². The summed E-state index contributed by atoms with van der Waals surface area (Å²) in [6, 6.07) is 8.39. The Morgan fingerprint density at radius 1 is 1.21 bits per heavy atom. The number of nitrogens with one attached hydrogen (secondary N) is 1. The van der Waals surface area contributed by atoms with E-state index in [2.05, 4.69) is 5.32 Å². The third-order valence-electron chi connectivity index (χ3n) is 4.13. The Hall–Kier alpha value is -2.26. The predicted octanol–water partition coefficient (Wildman–Crippen LogP) is 4.85. The summed E-state index contributed by atoms with van der Waals surface area (Å²) >= 11 is 5.59. The van der Waals surface area contributed by atoms with Crippen molar-refractivity contribution in [2.24, 2.45) is 0 Å². The van der Waals surface area contributed by atoms with Gasteiger partial charge in [-0.2, -0.15) is 13.2 Å². The molecule has 158 valence electrons. The van der Waals surface area contributed by atoms with Crippen molar-refractivity contribution in [3.63, 3.8) is 0 Å². The van der Waals surface area contributed by atoms with Crippen LogP contribution in [0.5, 0.6) is 0 Å². The van der Waals surface area contributed by atoms with Crippen LogP contribution in [-0.2, 0) is 21.0 Å². The van der Waals surface area contributed by atoms with E-state index in [-0.39, 0.29) is 12.1 Å². The number of anilines is 2. The molecule has 0 aliphatic heterocycles. The fourth-order valence-corrected chi connectivity index (χ4v) is 4.30. The molecule has 0 aromatic heterocycles. The Labute approximate surface area is 172 Å². The minimum atomic E-state index is -4.69. The van der Waals surface area contributed by atoms with Crippen LogP contribution in [-0.4, -0.2) is 26.6 Å². The van der Waals surface area contributed by atoms with Gasteiger partial charge in [-0.1, -0.05) is 30.7 Å². The van der Waals surface area contributed by atoms with Crippen LogP contribution in [0.2, 0.25) is 5.02 Å². The monoisotopic (exact) mass is 448 g/mol. The van der Waals surface area contributed by atoms with Gasteiger partial charge in [0.2, 0.25) is 15.9 Å². The molecule has 0 aliphatic carbocycles. The van der Waals surface area contributed by atoms with Gasteiger partial charge < -0.3 is 5.32 Å². The first kappa shape index (κ1) is 23.0. The minimum absolute atomic E-state index is 0.104. The summed E-state index contributed by atoms with van der Waals surface area (Å²) in [5, 5.41) is 1.87. The highest BCUT2D eigenvalue weighted by Crippen LogP contribution is 2.36. The smallest absolute Gasteiger partial charge is 0.324 e. The van der Waals surface area contributed by atoms with Gasteiger partial charge in [0, 0.05) is 5.69 Å². The van der Waals surface area contributed by atoms with E-state index in [1.807, 2.05) is 0 Å². The van der Waals surface area contributed by atoms with Gasteiger partial charge in [-0.05, 0) is 49.2 Å². The average molecular weight is 449 g/mol. The quantitative estimate of drug-likeness (QED) is 0.687. The molecule has 29 heavy (non-hydrogen) atoms. The Bertz CT molecular complexity index is 1010. The molecule has 1 amide bonds. The number of rotatable bonds is 6. The van der Waals surface area contributed by atoms with Crippen molar-refractivity contribution in [2.45, 2.75) is 32.5 Å². The van der Waals surface area contributed by atoms with E-state index in [0.29, 0.717) is 11.8 Å². The fraction of sp³-hybridized carbons (Fsp3) is 0.316. The van der Waals surface area contributed by atoms with Gasteiger partial charge in [-0.3, -0.25) is 9.10 Å². The topological polar surface area (TPSA) is 66.5 Å². The van der Waals surface area contributed by atoms with Crippen molar-refractivity contribution < 1.29 is 26.4 Å². The Morgan fingerprint density at radius 2 is 1.86 bits per heavy atom. The van der Waals surface area contributed by atoms with Gasteiger partial charge in [0.15, 0.2) is 0 Å². The number of hydrogen-bond donors (Lipinski definition) is 1. The van der Waals surface area contributed by atoms with E-state index in [4.69, 9.17) is 11.6 Å². The van der Waals surface area contributed by atoms with E-state index in [9.17, 15) is 26.4 Å². The van der Waals surface area contributed by atoms with Crippen molar-refractivity contribution in [3.8, 4) is 0 Å². The number of halogens is 4. The molecule has 2 aromatic rings. The Balaban J connectivity index is 2.41. The van der Waals surface area contributed by atoms with Gasteiger partial charge >= 0.3 is 6.18 Å². The summed E-state index contributed by atoms with van der Waals surface area (Å²) in [7, 11) is -3.85. The molecular formula is C19H20ClF3N2O3S. The molecule has 0 radical (unpaired) electrons. The summed E-state index contributed by atoms with van der Waals surface area (Å²) in [5.74, 6) is -0.755. The van der Waals surface area contributed by atoms with Crippen molar-refractivity contribution in [1.82, 2.24) is 0 Å². The van der Waals surface area contributed by atoms with Crippen LogP contribution in [0.1, 0.15) is 24.5 Å². The molecule has 0 spiro atoms. The Morgan fingerprint density at radius 3 is 2.38 bits per heavy atom. The zero-order chi connectivity index (χ0) is 22.0. The minimum Gasteiger partial charge on any atom is -0.324 e. The second kappa shape index (κ2) is 8.62. The fourth-order valence-electron chi connectivity index (χ4n) is 2.87. The molecule has 0 fully saturated rings. The summed E-state index contributed by atoms with van der Waals surface area (Å²) < 4.78 is 64.9. The van der Waals surface area contributed by atoms with E-state index in [0.717, 1.165) is 22.2 Å². The molecule has 5 nitrogen and oxygen atoms in total. The van der Waals surface area contributed by atoms with Crippen LogP contribution in [0, 0.1) is 6.92 Å². The van der Waals surface area contributed by atoms with E-state index in [1.54, 1.807) is 38.1 Å². The molecule has 1 atom stereocenters. The highest BCUT2D eigenvalue weighted by Gasteiger charge is 2.35. The summed E-state index contributed by atoms with van der Waals surface area (Å²) in [5.41, 5.74) is -0.146. The number of aryl methyl sites for hydroxylation is 1. The first-order valence-corrected chi connectivity index (χ1v) is 10.8. The lowest BCUT2D eigenvalue weighted by molar-refractivity contribution is -0.137. The van der Waals surface area contributed by atoms with Crippen molar-refractivity contribution in [2.75, 3.05) is 15.9 Å². The molecule has 0 bridgehead atoms. The van der Waals surface area contributed by atoms with Crippen LogP contribution in [0.15, 0.2) is 42.5 Å². The first-order chi connectivity index (χ1) is 13.3. The maximum absolute atomic E-state index is 13.0. The van der Waals surface area contributed by atoms with E-state index in [1.165, 1.54) is 6.07 Å². The number of nitrogens with zero attached hydrogens (tertiary/aromatic N) is 1. The first-order valence-electron chi connectivity index (χ1n) is 8.58. The van der Waals surface area contributed by atoms with Crippen LogP contribution < -0.4 is 9.62 Å².